The fourth-order valence-electron chi connectivity index (χ4n) is 3.31. The monoisotopic (exact) mass is 537 g/mol. The van der Waals surface area contributed by atoms with Gasteiger partial charge in [-0.2, -0.15) is 13.2 Å². The van der Waals surface area contributed by atoms with Gasteiger partial charge in [-0.3, -0.25) is 14.9 Å². The molecule has 0 unspecified atom stereocenters. The van der Waals surface area contributed by atoms with Gasteiger partial charge in [-0.05, 0) is 64.5 Å². The Morgan fingerprint density at radius 1 is 1.06 bits per heavy atom. The van der Waals surface area contributed by atoms with E-state index in [9.17, 15) is 28.1 Å². The van der Waals surface area contributed by atoms with Crippen molar-refractivity contribution in [3.05, 3.63) is 97.6 Å². The van der Waals surface area contributed by atoms with Gasteiger partial charge in [0.25, 0.3) is 11.6 Å². The Kier molecular flexibility index (Phi) is 5.89. The van der Waals surface area contributed by atoms with E-state index in [1.165, 1.54) is 24.3 Å². The lowest BCUT2D eigenvalue weighted by Crippen LogP contribution is -2.13. The van der Waals surface area contributed by atoms with Crippen molar-refractivity contribution in [1.82, 2.24) is 4.57 Å². The summed E-state index contributed by atoms with van der Waals surface area (Å²) in [6, 6.07) is 13.7. The van der Waals surface area contributed by atoms with Crippen LogP contribution in [0, 0.1) is 10.1 Å². The van der Waals surface area contributed by atoms with E-state index < -0.39 is 22.6 Å². The maximum atomic E-state index is 12.9. The van der Waals surface area contributed by atoms with E-state index in [4.69, 9.17) is 11.6 Å². The number of amides is 1. The number of anilines is 1. The first-order chi connectivity index (χ1) is 15.5. The van der Waals surface area contributed by atoms with Crippen LogP contribution in [0.4, 0.5) is 24.5 Å². The Bertz CT molecular complexity index is 1420. The van der Waals surface area contributed by atoms with Crippen molar-refractivity contribution in [2.45, 2.75) is 6.18 Å². The largest absolute Gasteiger partial charge is 0.416 e. The number of nitro groups is 1. The van der Waals surface area contributed by atoms with Crippen LogP contribution in [0.2, 0.25) is 5.02 Å². The van der Waals surface area contributed by atoms with Crippen LogP contribution in [-0.4, -0.2) is 15.4 Å². The molecule has 0 spiro atoms. The summed E-state index contributed by atoms with van der Waals surface area (Å²) in [6.45, 7) is 0. The van der Waals surface area contributed by atoms with Crippen LogP contribution in [0.15, 0.2) is 71.3 Å². The highest BCUT2D eigenvalue weighted by atomic mass is 79.9. The van der Waals surface area contributed by atoms with Gasteiger partial charge in [0.2, 0.25) is 0 Å². The average molecular weight is 539 g/mol. The number of fused-ring (bicyclic) bond motifs is 1. The molecule has 0 aliphatic heterocycles. The highest BCUT2D eigenvalue weighted by Crippen LogP contribution is 2.34. The van der Waals surface area contributed by atoms with Crippen molar-refractivity contribution in [1.29, 1.82) is 0 Å². The standard InChI is InChI=1S/C22H12BrClF3N3O3/c23-17-4-3-15(30(32)33)11-16(17)21(31)28-14-2-6-19-12(9-14)7-8-29(19)20-5-1-13(10-18(20)24)22(25,26)27/h1-11H,(H,28,31). The molecule has 4 aromatic rings. The second-order valence-electron chi connectivity index (χ2n) is 7.00. The van der Waals surface area contributed by atoms with Crippen molar-refractivity contribution < 1.29 is 22.9 Å². The number of nitrogens with zero attached hydrogens (tertiary/aromatic N) is 2. The molecule has 0 fully saturated rings. The molecule has 33 heavy (non-hydrogen) atoms. The third-order valence-electron chi connectivity index (χ3n) is 4.89. The Balaban J connectivity index is 1.63. The van der Waals surface area contributed by atoms with E-state index in [0.717, 1.165) is 12.1 Å². The molecule has 0 saturated carbocycles. The number of carbonyl (C=O) groups is 1. The zero-order chi connectivity index (χ0) is 23.9. The molecule has 4 rings (SSSR count). The maximum Gasteiger partial charge on any atom is 0.416 e. The van der Waals surface area contributed by atoms with Crippen molar-refractivity contribution in [2.75, 3.05) is 5.32 Å². The quantitative estimate of drug-likeness (QED) is 0.220. The lowest BCUT2D eigenvalue weighted by molar-refractivity contribution is -0.384. The first kappa shape index (κ1) is 22.8. The molecule has 0 atom stereocenters. The highest BCUT2D eigenvalue weighted by molar-refractivity contribution is 9.10. The summed E-state index contributed by atoms with van der Waals surface area (Å²) in [7, 11) is 0. The van der Waals surface area contributed by atoms with Gasteiger partial charge < -0.3 is 9.88 Å². The summed E-state index contributed by atoms with van der Waals surface area (Å²) < 4.78 is 40.8. The van der Waals surface area contributed by atoms with Crippen LogP contribution >= 0.6 is 27.5 Å². The molecule has 0 saturated heterocycles. The third-order valence-corrected chi connectivity index (χ3v) is 5.88. The van der Waals surface area contributed by atoms with Gasteiger partial charge in [-0.25, -0.2) is 0 Å². The molecule has 3 aromatic carbocycles. The average Bonchev–Trinajstić information content (AvgIpc) is 3.16. The molecule has 11 heteroatoms. The maximum absolute atomic E-state index is 12.9. The van der Waals surface area contributed by atoms with E-state index in [1.54, 1.807) is 35.0 Å². The van der Waals surface area contributed by atoms with Gasteiger partial charge in [0.05, 0.1) is 32.3 Å². The van der Waals surface area contributed by atoms with E-state index in [0.29, 0.717) is 26.8 Å². The fourth-order valence-corrected chi connectivity index (χ4v) is 4.01. The molecule has 6 nitrogen and oxygen atoms in total. The summed E-state index contributed by atoms with van der Waals surface area (Å²) in [6.07, 6.45) is -2.84. The predicted octanol–water partition coefficient (Wildman–Crippen LogP) is 7.23. The summed E-state index contributed by atoms with van der Waals surface area (Å²) in [4.78, 5) is 23.1. The number of hydrogen-bond acceptors (Lipinski definition) is 3. The molecular formula is C22H12BrClF3N3O3. The first-order valence-electron chi connectivity index (χ1n) is 9.28. The minimum atomic E-state index is -4.50. The van der Waals surface area contributed by atoms with Gasteiger partial charge in [0.15, 0.2) is 0 Å². The van der Waals surface area contributed by atoms with Crippen molar-refractivity contribution >= 4 is 55.7 Å². The van der Waals surface area contributed by atoms with Gasteiger partial charge >= 0.3 is 6.18 Å². The van der Waals surface area contributed by atoms with Crippen molar-refractivity contribution in [2.24, 2.45) is 0 Å². The molecule has 1 heterocycles. The van der Waals surface area contributed by atoms with Gasteiger partial charge in [-0.1, -0.05) is 11.6 Å². The number of halogens is 5. The van der Waals surface area contributed by atoms with Crippen molar-refractivity contribution in [3.8, 4) is 5.69 Å². The molecule has 1 aromatic heterocycles. The number of benzene rings is 3. The lowest BCUT2D eigenvalue weighted by atomic mass is 10.1. The Morgan fingerprint density at radius 2 is 1.82 bits per heavy atom. The van der Waals surface area contributed by atoms with E-state index in [1.807, 2.05) is 0 Å². The zero-order valence-electron chi connectivity index (χ0n) is 16.4. The third kappa shape index (κ3) is 4.57. The van der Waals surface area contributed by atoms with E-state index in [-0.39, 0.29) is 16.3 Å². The zero-order valence-corrected chi connectivity index (χ0v) is 18.7. The minimum absolute atomic E-state index is 0.0600. The molecule has 0 bridgehead atoms. The predicted molar refractivity (Wildman–Crippen MR) is 122 cm³/mol. The van der Waals surface area contributed by atoms with E-state index in [2.05, 4.69) is 21.2 Å². The van der Waals surface area contributed by atoms with Gasteiger partial charge in [-0.15, -0.1) is 0 Å². The highest BCUT2D eigenvalue weighted by Gasteiger charge is 2.31. The molecule has 0 aliphatic rings. The van der Waals surface area contributed by atoms with E-state index >= 15 is 0 Å². The van der Waals surface area contributed by atoms with Crippen LogP contribution in [0.3, 0.4) is 0 Å². The second kappa shape index (κ2) is 8.53. The van der Waals surface area contributed by atoms with Crippen LogP contribution < -0.4 is 5.32 Å². The SMILES string of the molecule is O=C(Nc1ccc2c(ccn2-c2ccc(C(F)(F)F)cc2Cl)c1)c1cc([N+](=O)[O-])ccc1Br. The number of rotatable bonds is 4. The number of hydrogen-bond donors (Lipinski definition) is 1. The normalized spacial score (nSPS) is 11.5. The number of non-ortho nitro benzene ring substituents is 1. The van der Waals surface area contributed by atoms with Crippen LogP contribution in [0.1, 0.15) is 15.9 Å². The van der Waals surface area contributed by atoms with Crippen molar-refractivity contribution in [3.63, 3.8) is 0 Å². The Morgan fingerprint density at radius 3 is 2.48 bits per heavy atom. The summed E-state index contributed by atoms with van der Waals surface area (Å²) in [5, 5.41) is 14.3. The summed E-state index contributed by atoms with van der Waals surface area (Å²) >= 11 is 9.33. The smallest absolute Gasteiger partial charge is 0.322 e. The lowest BCUT2D eigenvalue weighted by Gasteiger charge is -2.12. The minimum Gasteiger partial charge on any atom is -0.322 e. The van der Waals surface area contributed by atoms with Gasteiger partial charge in [0.1, 0.15) is 0 Å². The molecule has 1 amide bonds. The number of nitro benzene ring substituents is 1. The molecule has 0 radical (unpaired) electrons. The number of carbonyl (C=O) groups excluding carboxylic acids is 1. The Labute approximate surface area is 197 Å². The first-order valence-corrected chi connectivity index (χ1v) is 10.5. The Hall–Kier alpha value is -3.37. The van der Waals surface area contributed by atoms with Crippen LogP contribution in [0.5, 0.6) is 0 Å². The number of alkyl halides is 3. The molecular weight excluding hydrogens is 527 g/mol. The summed E-state index contributed by atoms with van der Waals surface area (Å²) in [5.41, 5.74) is 0.498. The molecule has 1 N–H and O–H groups in total. The topological polar surface area (TPSA) is 77.2 Å². The molecule has 0 aliphatic carbocycles. The number of nitrogens with one attached hydrogen (secondary N) is 1. The van der Waals surface area contributed by atoms with Crippen LogP contribution in [0.25, 0.3) is 16.6 Å². The van der Waals surface area contributed by atoms with Gasteiger partial charge in [0, 0.05) is 33.9 Å². The molecule has 168 valence electrons. The van der Waals surface area contributed by atoms with Crippen LogP contribution in [-0.2, 0) is 6.18 Å². The number of aromatic nitrogens is 1. The summed E-state index contributed by atoms with van der Waals surface area (Å²) in [5.74, 6) is -0.546. The fraction of sp³-hybridized carbons (Fsp3) is 0.0455. The second-order valence-corrected chi connectivity index (χ2v) is 8.26.